The molecule has 0 radical (unpaired) electrons. The van der Waals surface area contributed by atoms with Crippen LogP contribution in [0.1, 0.15) is 37.4 Å². The van der Waals surface area contributed by atoms with E-state index in [0.717, 1.165) is 24.3 Å². The molecule has 1 unspecified atom stereocenters. The fourth-order valence-corrected chi connectivity index (χ4v) is 2.48. The van der Waals surface area contributed by atoms with E-state index in [-0.39, 0.29) is 0 Å². The highest BCUT2D eigenvalue weighted by Crippen LogP contribution is 2.42. The van der Waals surface area contributed by atoms with Gasteiger partial charge in [0.1, 0.15) is 0 Å². The molecule has 1 fully saturated rings. The Kier molecular flexibility index (Phi) is 4.36. The molecule has 4 heteroatoms. The number of hydrogen-bond acceptors (Lipinski definition) is 3. The van der Waals surface area contributed by atoms with E-state index in [1.807, 2.05) is 0 Å². The van der Waals surface area contributed by atoms with Crippen molar-refractivity contribution in [2.75, 3.05) is 14.2 Å². The van der Waals surface area contributed by atoms with Crippen molar-refractivity contribution in [3.05, 3.63) is 22.7 Å². The zero-order valence-corrected chi connectivity index (χ0v) is 11.5. The van der Waals surface area contributed by atoms with Gasteiger partial charge in [-0.1, -0.05) is 30.5 Å². The Morgan fingerprint density at radius 1 is 1.33 bits per heavy atom. The van der Waals surface area contributed by atoms with Gasteiger partial charge in [0.2, 0.25) is 0 Å². The molecule has 1 aromatic rings. The van der Waals surface area contributed by atoms with Gasteiger partial charge in [-0.25, -0.2) is 0 Å². The van der Waals surface area contributed by atoms with Crippen LogP contribution < -0.4 is 9.47 Å². The van der Waals surface area contributed by atoms with Crippen molar-refractivity contribution in [3.63, 3.8) is 0 Å². The third-order valence-electron chi connectivity index (χ3n) is 3.42. The summed E-state index contributed by atoms with van der Waals surface area (Å²) in [6.45, 7) is 0. The third kappa shape index (κ3) is 2.90. The predicted octanol–water partition coefficient (Wildman–Crippen LogP) is 3.58. The first kappa shape index (κ1) is 13.5. The highest BCUT2D eigenvalue weighted by Gasteiger charge is 2.24. The first-order chi connectivity index (χ1) is 8.67. The van der Waals surface area contributed by atoms with Crippen LogP contribution in [-0.2, 0) is 0 Å². The van der Waals surface area contributed by atoms with Gasteiger partial charge in [0.05, 0.1) is 25.3 Å². The van der Waals surface area contributed by atoms with Crippen LogP contribution in [0.25, 0.3) is 0 Å². The molecule has 0 saturated heterocycles. The lowest BCUT2D eigenvalue weighted by molar-refractivity contribution is 0.162. The quantitative estimate of drug-likeness (QED) is 0.859. The highest BCUT2D eigenvalue weighted by molar-refractivity contribution is 6.33. The average Bonchev–Trinajstić information content (AvgIpc) is 3.19. The van der Waals surface area contributed by atoms with E-state index >= 15 is 0 Å². The second-order valence-corrected chi connectivity index (χ2v) is 5.12. The van der Waals surface area contributed by atoms with Crippen molar-refractivity contribution in [2.24, 2.45) is 5.92 Å². The fraction of sp³-hybridized carbons (Fsp3) is 0.571. The first-order valence-electron chi connectivity index (χ1n) is 6.25. The van der Waals surface area contributed by atoms with E-state index in [4.69, 9.17) is 21.1 Å². The van der Waals surface area contributed by atoms with Gasteiger partial charge in [-0.15, -0.1) is 0 Å². The van der Waals surface area contributed by atoms with Gasteiger partial charge >= 0.3 is 0 Å². The van der Waals surface area contributed by atoms with Gasteiger partial charge in [0.25, 0.3) is 0 Å². The van der Waals surface area contributed by atoms with Gasteiger partial charge in [-0.05, 0) is 24.8 Å². The minimum atomic E-state index is -0.530. The van der Waals surface area contributed by atoms with Crippen LogP contribution in [0.3, 0.4) is 0 Å². The van der Waals surface area contributed by atoms with Gasteiger partial charge in [0.15, 0.2) is 11.5 Å². The van der Waals surface area contributed by atoms with Gasteiger partial charge in [-0.2, -0.15) is 0 Å². The zero-order valence-electron chi connectivity index (χ0n) is 10.8. The number of hydrogen-bond donors (Lipinski definition) is 1. The highest BCUT2D eigenvalue weighted by atomic mass is 35.5. The van der Waals surface area contributed by atoms with Gasteiger partial charge in [0, 0.05) is 5.56 Å². The molecule has 1 aliphatic carbocycles. The second-order valence-electron chi connectivity index (χ2n) is 4.74. The predicted molar refractivity (Wildman–Crippen MR) is 71.5 cm³/mol. The summed E-state index contributed by atoms with van der Waals surface area (Å²) in [7, 11) is 3.11. The smallest absolute Gasteiger partial charge is 0.179 e. The van der Waals surface area contributed by atoms with E-state index < -0.39 is 6.10 Å². The maximum Gasteiger partial charge on any atom is 0.179 e. The molecule has 1 aromatic carbocycles. The summed E-state index contributed by atoms with van der Waals surface area (Å²) in [5.74, 6) is 1.88. The lowest BCUT2D eigenvalue weighted by atomic mass is 10.0. The molecule has 3 nitrogen and oxygen atoms in total. The number of halogens is 1. The molecule has 0 bridgehead atoms. The Morgan fingerprint density at radius 3 is 2.61 bits per heavy atom. The van der Waals surface area contributed by atoms with Crippen LogP contribution in [0, 0.1) is 5.92 Å². The topological polar surface area (TPSA) is 38.7 Å². The molecule has 2 rings (SSSR count). The summed E-state index contributed by atoms with van der Waals surface area (Å²) < 4.78 is 10.4. The van der Waals surface area contributed by atoms with Crippen molar-refractivity contribution in [1.82, 2.24) is 0 Å². The molecule has 1 aliphatic rings. The number of aliphatic hydroxyl groups excluding tert-OH is 1. The maximum absolute atomic E-state index is 10.2. The zero-order chi connectivity index (χ0) is 13.1. The first-order valence-corrected chi connectivity index (χ1v) is 6.63. The van der Waals surface area contributed by atoms with Crippen LogP contribution in [0.4, 0.5) is 0 Å². The SMILES string of the molecule is COc1ccc(C(O)CCC2CC2)c(Cl)c1OC. The summed E-state index contributed by atoms with van der Waals surface area (Å²) in [6, 6.07) is 3.58. The Hall–Kier alpha value is -0.930. The Bertz CT molecular complexity index is 416. The molecule has 0 spiro atoms. The summed E-state index contributed by atoms with van der Waals surface area (Å²) in [5.41, 5.74) is 0.718. The van der Waals surface area contributed by atoms with Crippen molar-refractivity contribution in [3.8, 4) is 11.5 Å². The lowest BCUT2D eigenvalue weighted by Crippen LogP contribution is -2.01. The van der Waals surface area contributed by atoms with Crippen LogP contribution in [0.15, 0.2) is 12.1 Å². The monoisotopic (exact) mass is 270 g/mol. The molecule has 1 saturated carbocycles. The molecule has 0 aromatic heterocycles. The second kappa shape index (κ2) is 5.81. The third-order valence-corrected chi connectivity index (χ3v) is 3.81. The molecule has 1 N–H and O–H groups in total. The normalized spacial score (nSPS) is 16.4. The van der Waals surface area contributed by atoms with Gasteiger partial charge in [-0.3, -0.25) is 0 Å². The number of aliphatic hydroxyl groups is 1. The molecule has 18 heavy (non-hydrogen) atoms. The summed E-state index contributed by atoms with van der Waals surface area (Å²) in [6.07, 6.45) is 3.88. The minimum absolute atomic E-state index is 0.445. The van der Waals surface area contributed by atoms with Crippen LogP contribution in [0.2, 0.25) is 5.02 Å². The van der Waals surface area contributed by atoms with E-state index in [0.29, 0.717) is 16.5 Å². The summed E-state index contributed by atoms with van der Waals surface area (Å²) >= 11 is 6.25. The Labute approximate surface area is 113 Å². The minimum Gasteiger partial charge on any atom is -0.493 e. The molecule has 0 amide bonds. The fourth-order valence-electron chi connectivity index (χ4n) is 2.12. The molecule has 0 aliphatic heterocycles. The summed E-state index contributed by atoms with van der Waals surface area (Å²) in [4.78, 5) is 0. The Morgan fingerprint density at radius 2 is 2.06 bits per heavy atom. The van der Waals surface area contributed by atoms with Crippen LogP contribution in [0.5, 0.6) is 11.5 Å². The average molecular weight is 271 g/mol. The standard InChI is InChI=1S/C14H19ClO3/c1-17-12-8-6-10(13(15)14(12)18-2)11(16)7-5-9-3-4-9/h6,8-9,11,16H,3-5,7H2,1-2H3. The van der Waals surface area contributed by atoms with Crippen molar-refractivity contribution in [2.45, 2.75) is 31.8 Å². The van der Waals surface area contributed by atoms with Crippen molar-refractivity contribution >= 4 is 11.6 Å². The van der Waals surface area contributed by atoms with E-state index in [2.05, 4.69) is 0 Å². The largest absolute Gasteiger partial charge is 0.493 e. The van der Waals surface area contributed by atoms with E-state index in [9.17, 15) is 5.11 Å². The molecular weight excluding hydrogens is 252 g/mol. The number of ether oxygens (including phenoxy) is 2. The lowest BCUT2D eigenvalue weighted by Gasteiger charge is -2.16. The van der Waals surface area contributed by atoms with Crippen LogP contribution in [-0.4, -0.2) is 19.3 Å². The number of methoxy groups -OCH3 is 2. The van der Waals surface area contributed by atoms with E-state index in [1.165, 1.54) is 12.8 Å². The maximum atomic E-state index is 10.2. The molecule has 100 valence electrons. The number of rotatable bonds is 6. The van der Waals surface area contributed by atoms with Crippen molar-refractivity contribution < 1.29 is 14.6 Å². The van der Waals surface area contributed by atoms with E-state index in [1.54, 1.807) is 26.4 Å². The molecule has 0 heterocycles. The molecule has 1 atom stereocenters. The van der Waals surface area contributed by atoms with Crippen LogP contribution >= 0.6 is 11.6 Å². The Balaban J connectivity index is 2.15. The molecular formula is C14H19ClO3. The van der Waals surface area contributed by atoms with Gasteiger partial charge < -0.3 is 14.6 Å². The summed E-state index contributed by atoms with van der Waals surface area (Å²) in [5, 5.41) is 10.6. The number of benzene rings is 1. The van der Waals surface area contributed by atoms with Crippen molar-refractivity contribution in [1.29, 1.82) is 0 Å².